The van der Waals surface area contributed by atoms with Gasteiger partial charge in [-0.1, -0.05) is 19.1 Å². The minimum atomic E-state index is -3.01. The average Bonchev–Trinajstić information content (AvgIpc) is 2.83. The van der Waals surface area contributed by atoms with Crippen molar-refractivity contribution in [2.45, 2.75) is 25.8 Å². The third kappa shape index (κ3) is 4.46. The van der Waals surface area contributed by atoms with Gasteiger partial charge in [0, 0.05) is 12.6 Å². The Morgan fingerprint density at radius 2 is 2.14 bits per heavy atom. The van der Waals surface area contributed by atoms with Crippen molar-refractivity contribution >= 4 is 31.7 Å². The van der Waals surface area contributed by atoms with Crippen LogP contribution in [0.2, 0.25) is 0 Å². The molecular weight excluding hydrogens is 370 g/mol. The fourth-order valence-corrected chi connectivity index (χ4v) is 4.69. The number of para-hydroxylation sites is 1. The topological polar surface area (TPSA) is 63.7 Å². The molecule has 5 nitrogen and oxygen atoms in total. The number of benzene rings is 1. The molecule has 1 aromatic carbocycles. The Kier molecular flexibility index (Phi) is 5.86. The molecule has 1 heterocycles. The first kappa shape index (κ1) is 17.3. The summed E-state index contributed by atoms with van der Waals surface area (Å²) < 4.78 is 29.6. The van der Waals surface area contributed by atoms with Crippen LogP contribution in [0.4, 0.5) is 0 Å². The second-order valence-electron chi connectivity index (χ2n) is 5.36. The average molecular weight is 390 g/mol. The molecule has 0 bridgehead atoms. The maximum atomic E-state index is 12.4. The van der Waals surface area contributed by atoms with Gasteiger partial charge in [0.2, 0.25) is 0 Å². The van der Waals surface area contributed by atoms with Crippen molar-refractivity contribution in [3.8, 4) is 5.75 Å². The Bertz CT molecular complexity index is 632. The zero-order chi connectivity index (χ0) is 16.2. The summed E-state index contributed by atoms with van der Waals surface area (Å²) in [5, 5.41) is 0. The third-order valence-electron chi connectivity index (χ3n) is 3.62. The predicted molar refractivity (Wildman–Crippen MR) is 88.7 cm³/mol. The van der Waals surface area contributed by atoms with Crippen LogP contribution in [0.3, 0.4) is 0 Å². The molecule has 0 spiro atoms. The van der Waals surface area contributed by atoms with Crippen LogP contribution in [0.25, 0.3) is 0 Å². The summed E-state index contributed by atoms with van der Waals surface area (Å²) in [6.07, 6.45) is 1.31. The van der Waals surface area contributed by atoms with Crippen LogP contribution in [0.5, 0.6) is 5.75 Å². The van der Waals surface area contributed by atoms with E-state index in [9.17, 15) is 13.2 Å². The lowest BCUT2D eigenvalue weighted by molar-refractivity contribution is -0.135. The number of rotatable bonds is 6. The van der Waals surface area contributed by atoms with E-state index >= 15 is 0 Å². The SMILES string of the molecule is CCCN(C(=O)COc1ccccc1Br)C1CCS(=O)(=O)C1. The van der Waals surface area contributed by atoms with Crippen molar-refractivity contribution in [2.24, 2.45) is 0 Å². The minimum absolute atomic E-state index is 0.0633. The van der Waals surface area contributed by atoms with Crippen LogP contribution in [-0.2, 0) is 14.6 Å². The molecular formula is C15H20BrNO4S. The highest BCUT2D eigenvalue weighted by molar-refractivity contribution is 9.10. The highest BCUT2D eigenvalue weighted by Crippen LogP contribution is 2.24. The van der Waals surface area contributed by atoms with Gasteiger partial charge in [-0.15, -0.1) is 0 Å². The van der Waals surface area contributed by atoms with Crippen molar-refractivity contribution in [3.05, 3.63) is 28.7 Å². The fourth-order valence-electron chi connectivity index (χ4n) is 2.56. The molecule has 7 heteroatoms. The van der Waals surface area contributed by atoms with E-state index in [1.807, 2.05) is 25.1 Å². The number of ether oxygens (including phenoxy) is 1. The molecule has 1 aromatic rings. The molecule has 1 atom stereocenters. The van der Waals surface area contributed by atoms with Crippen molar-refractivity contribution < 1.29 is 17.9 Å². The number of nitrogens with zero attached hydrogens (tertiary/aromatic N) is 1. The maximum Gasteiger partial charge on any atom is 0.260 e. The highest BCUT2D eigenvalue weighted by atomic mass is 79.9. The molecule has 0 aliphatic carbocycles. The molecule has 0 aromatic heterocycles. The van der Waals surface area contributed by atoms with Gasteiger partial charge >= 0.3 is 0 Å². The molecule has 1 aliphatic rings. The summed E-state index contributed by atoms with van der Waals surface area (Å²) in [5.41, 5.74) is 0. The van der Waals surface area contributed by atoms with E-state index < -0.39 is 9.84 Å². The second-order valence-corrected chi connectivity index (χ2v) is 8.45. The van der Waals surface area contributed by atoms with E-state index in [0.29, 0.717) is 18.7 Å². The lowest BCUT2D eigenvalue weighted by atomic mass is 10.2. The summed E-state index contributed by atoms with van der Waals surface area (Å²) in [4.78, 5) is 14.1. The van der Waals surface area contributed by atoms with Gasteiger partial charge < -0.3 is 9.64 Å². The number of amides is 1. The minimum Gasteiger partial charge on any atom is -0.483 e. The number of hydrogen-bond donors (Lipinski definition) is 0. The summed E-state index contributed by atoms with van der Waals surface area (Å²) in [5.74, 6) is 0.662. The maximum absolute atomic E-state index is 12.4. The number of hydrogen-bond acceptors (Lipinski definition) is 4. The number of carbonyl (C=O) groups is 1. The van der Waals surface area contributed by atoms with Crippen LogP contribution in [0.1, 0.15) is 19.8 Å². The Morgan fingerprint density at radius 3 is 2.73 bits per heavy atom. The van der Waals surface area contributed by atoms with Crippen molar-refractivity contribution in [1.82, 2.24) is 4.90 Å². The van der Waals surface area contributed by atoms with E-state index in [2.05, 4.69) is 15.9 Å². The molecule has 1 fully saturated rings. The lowest BCUT2D eigenvalue weighted by Gasteiger charge is -2.28. The van der Waals surface area contributed by atoms with Crippen LogP contribution in [0, 0.1) is 0 Å². The Hall–Kier alpha value is -1.08. The molecule has 0 N–H and O–H groups in total. The Balaban J connectivity index is 2.00. The van der Waals surface area contributed by atoms with Crippen molar-refractivity contribution in [2.75, 3.05) is 24.7 Å². The smallest absolute Gasteiger partial charge is 0.260 e. The number of carbonyl (C=O) groups excluding carboxylic acids is 1. The molecule has 1 unspecified atom stereocenters. The predicted octanol–water partition coefficient (Wildman–Crippen LogP) is 2.25. The Labute approximate surface area is 139 Å². The van der Waals surface area contributed by atoms with Gasteiger partial charge in [0.05, 0.1) is 16.0 Å². The van der Waals surface area contributed by atoms with Gasteiger partial charge in [0.25, 0.3) is 5.91 Å². The summed E-state index contributed by atoms with van der Waals surface area (Å²) in [7, 11) is -3.01. The summed E-state index contributed by atoms with van der Waals surface area (Å²) in [6.45, 7) is 2.44. The van der Waals surface area contributed by atoms with E-state index in [1.54, 1.807) is 11.0 Å². The summed E-state index contributed by atoms with van der Waals surface area (Å²) >= 11 is 3.37. The first-order valence-corrected chi connectivity index (χ1v) is 9.91. The molecule has 0 saturated carbocycles. The van der Waals surface area contributed by atoms with Crippen LogP contribution >= 0.6 is 15.9 Å². The van der Waals surface area contributed by atoms with Crippen molar-refractivity contribution in [1.29, 1.82) is 0 Å². The lowest BCUT2D eigenvalue weighted by Crippen LogP contribution is -2.44. The quantitative estimate of drug-likeness (QED) is 0.748. The van der Waals surface area contributed by atoms with Gasteiger partial charge in [-0.25, -0.2) is 8.42 Å². The standard InChI is InChI=1S/C15H20BrNO4S/c1-2-8-17(12-7-9-22(19,20)11-12)15(18)10-21-14-6-4-3-5-13(14)16/h3-6,12H,2,7-11H2,1H3. The third-order valence-corrected chi connectivity index (χ3v) is 6.03. The first-order valence-electron chi connectivity index (χ1n) is 7.30. The van der Waals surface area contributed by atoms with Crippen LogP contribution in [0.15, 0.2) is 28.7 Å². The highest BCUT2D eigenvalue weighted by Gasteiger charge is 2.34. The van der Waals surface area contributed by atoms with Gasteiger partial charge in [-0.3, -0.25) is 4.79 Å². The van der Waals surface area contributed by atoms with Crippen molar-refractivity contribution in [3.63, 3.8) is 0 Å². The van der Waals surface area contributed by atoms with E-state index in [4.69, 9.17) is 4.74 Å². The summed E-state index contributed by atoms with van der Waals surface area (Å²) in [6, 6.07) is 7.10. The van der Waals surface area contributed by atoms with Crippen LogP contribution < -0.4 is 4.74 Å². The first-order chi connectivity index (χ1) is 10.4. The molecule has 2 rings (SSSR count). The monoisotopic (exact) mass is 389 g/mol. The largest absolute Gasteiger partial charge is 0.483 e. The second kappa shape index (κ2) is 7.46. The van der Waals surface area contributed by atoms with E-state index in [0.717, 1.165) is 10.9 Å². The number of sulfone groups is 1. The fraction of sp³-hybridized carbons (Fsp3) is 0.533. The molecule has 1 saturated heterocycles. The van der Waals surface area contributed by atoms with E-state index in [-0.39, 0.29) is 30.1 Å². The van der Waals surface area contributed by atoms with Crippen LogP contribution in [-0.4, -0.2) is 49.9 Å². The van der Waals surface area contributed by atoms with E-state index in [1.165, 1.54) is 0 Å². The molecule has 0 radical (unpaired) electrons. The number of halogens is 1. The molecule has 22 heavy (non-hydrogen) atoms. The normalized spacial score (nSPS) is 19.8. The molecule has 1 amide bonds. The zero-order valence-corrected chi connectivity index (χ0v) is 14.9. The van der Waals surface area contributed by atoms with Gasteiger partial charge in [0.15, 0.2) is 16.4 Å². The van der Waals surface area contributed by atoms with Gasteiger partial charge in [-0.05, 0) is 40.9 Å². The zero-order valence-electron chi connectivity index (χ0n) is 12.5. The Morgan fingerprint density at radius 1 is 1.41 bits per heavy atom. The molecule has 1 aliphatic heterocycles. The van der Waals surface area contributed by atoms with Gasteiger partial charge in [-0.2, -0.15) is 0 Å². The van der Waals surface area contributed by atoms with Gasteiger partial charge in [0.1, 0.15) is 5.75 Å². The molecule has 122 valence electrons.